The van der Waals surface area contributed by atoms with E-state index in [4.69, 9.17) is 23.2 Å². The fraction of sp³-hybridized carbons (Fsp3) is 0.417. The Morgan fingerprint density at radius 1 is 1.03 bits per heavy atom. The van der Waals surface area contributed by atoms with Gasteiger partial charge >= 0.3 is 0 Å². The highest BCUT2D eigenvalue weighted by molar-refractivity contribution is 7.92. The molecule has 0 radical (unpaired) electrons. The van der Waals surface area contributed by atoms with Crippen molar-refractivity contribution >= 4 is 50.7 Å². The Kier molecular flexibility index (Phi) is 10.2. The van der Waals surface area contributed by atoms with Crippen LogP contribution in [0.3, 0.4) is 0 Å². The third kappa shape index (κ3) is 8.18. The zero-order valence-electron chi connectivity index (χ0n) is 19.8. The van der Waals surface area contributed by atoms with Crippen LogP contribution in [-0.4, -0.2) is 50.0 Å². The normalized spacial score (nSPS) is 12.3. The van der Waals surface area contributed by atoms with Crippen LogP contribution in [0.4, 0.5) is 5.69 Å². The van der Waals surface area contributed by atoms with Crippen molar-refractivity contribution in [3.05, 3.63) is 64.1 Å². The number of benzene rings is 2. The minimum atomic E-state index is -3.67. The number of sulfonamides is 1. The molecule has 2 amide bonds. The van der Waals surface area contributed by atoms with Crippen molar-refractivity contribution in [1.82, 2.24) is 10.2 Å². The van der Waals surface area contributed by atoms with E-state index in [1.165, 1.54) is 17.0 Å². The monoisotopic (exact) mass is 527 g/mol. The molecule has 0 bridgehead atoms. The van der Waals surface area contributed by atoms with Gasteiger partial charge in [-0.1, -0.05) is 53.5 Å². The van der Waals surface area contributed by atoms with Crippen LogP contribution in [0.2, 0.25) is 10.0 Å². The van der Waals surface area contributed by atoms with Gasteiger partial charge in [-0.2, -0.15) is 0 Å². The molecule has 0 aliphatic carbocycles. The van der Waals surface area contributed by atoms with Crippen LogP contribution in [0.1, 0.15) is 39.2 Å². The zero-order chi connectivity index (χ0) is 25.5. The number of carbonyl (C=O) groups excluding carboxylic acids is 2. The molecular weight excluding hydrogens is 497 g/mol. The first-order valence-corrected chi connectivity index (χ1v) is 13.6. The van der Waals surface area contributed by atoms with E-state index in [-0.39, 0.29) is 54.5 Å². The third-order valence-corrected chi connectivity index (χ3v) is 6.86. The minimum Gasteiger partial charge on any atom is -0.352 e. The maximum atomic E-state index is 13.2. The van der Waals surface area contributed by atoms with E-state index in [9.17, 15) is 18.0 Å². The molecule has 1 atom stereocenters. The number of hydrogen-bond donors (Lipinski definition) is 1. The molecule has 2 rings (SSSR count). The molecule has 0 heterocycles. The summed E-state index contributed by atoms with van der Waals surface area (Å²) in [5.74, 6) is -0.497. The molecule has 2 aromatic rings. The van der Waals surface area contributed by atoms with Gasteiger partial charge in [-0.15, -0.1) is 0 Å². The molecule has 0 aliphatic rings. The molecule has 0 saturated carbocycles. The van der Waals surface area contributed by atoms with E-state index in [0.29, 0.717) is 5.02 Å². The van der Waals surface area contributed by atoms with E-state index >= 15 is 0 Å². The topological polar surface area (TPSA) is 86.8 Å². The second-order valence-corrected chi connectivity index (χ2v) is 11.1. The van der Waals surface area contributed by atoms with Crippen molar-refractivity contribution < 1.29 is 18.0 Å². The predicted molar refractivity (Wildman–Crippen MR) is 138 cm³/mol. The van der Waals surface area contributed by atoms with Gasteiger partial charge in [0.1, 0.15) is 6.04 Å². The Morgan fingerprint density at radius 3 is 2.26 bits per heavy atom. The van der Waals surface area contributed by atoms with Crippen LogP contribution in [0, 0.1) is 0 Å². The molecule has 0 aliphatic heterocycles. The molecule has 0 fully saturated rings. The molecular formula is C24H31Cl2N3O4S. The lowest BCUT2D eigenvalue weighted by Gasteiger charge is -2.30. The fourth-order valence-corrected chi connectivity index (χ4v) is 4.83. The van der Waals surface area contributed by atoms with E-state index < -0.39 is 16.1 Å². The van der Waals surface area contributed by atoms with E-state index in [2.05, 4.69) is 5.32 Å². The summed E-state index contributed by atoms with van der Waals surface area (Å²) in [5, 5.41) is 3.44. The third-order valence-electron chi connectivity index (χ3n) is 5.12. The van der Waals surface area contributed by atoms with Crippen molar-refractivity contribution in [2.75, 3.05) is 17.1 Å². The Labute approximate surface area is 212 Å². The second-order valence-electron chi connectivity index (χ2n) is 8.38. The van der Waals surface area contributed by atoms with Gasteiger partial charge in [-0.05, 0) is 51.0 Å². The molecule has 7 nitrogen and oxygen atoms in total. The summed E-state index contributed by atoms with van der Waals surface area (Å²) in [6, 6.07) is 13.2. The van der Waals surface area contributed by atoms with Gasteiger partial charge in [-0.3, -0.25) is 13.9 Å². The molecule has 34 heavy (non-hydrogen) atoms. The standard InChI is InChI=1S/C24H31Cl2N3O4S/c1-17(2)27-24(31)18(3)28(16-19-9-6-5-7-10-19)23(30)11-8-14-29(34(4,32)33)22-15-20(25)12-13-21(22)26/h5-7,9-10,12-13,15,17-18H,8,11,14,16H2,1-4H3,(H,27,31)/t18-/m0/s1. The lowest BCUT2D eigenvalue weighted by Crippen LogP contribution is -2.49. The highest BCUT2D eigenvalue weighted by Crippen LogP contribution is 2.31. The smallest absolute Gasteiger partial charge is 0.242 e. The van der Waals surface area contributed by atoms with Crippen LogP contribution in [0.25, 0.3) is 0 Å². The van der Waals surface area contributed by atoms with E-state index in [1.807, 2.05) is 44.2 Å². The first-order valence-electron chi connectivity index (χ1n) is 11.0. The zero-order valence-corrected chi connectivity index (χ0v) is 22.1. The quantitative estimate of drug-likeness (QED) is 0.466. The molecule has 0 aromatic heterocycles. The average Bonchev–Trinajstić information content (AvgIpc) is 2.75. The van der Waals surface area contributed by atoms with Crippen molar-refractivity contribution in [3.8, 4) is 0 Å². The first kappa shape index (κ1) is 28.0. The number of nitrogens with one attached hydrogen (secondary N) is 1. The first-order chi connectivity index (χ1) is 15.9. The fourth-order valence-electron chi connectivity index (χ4n) is 3.43. The van der Waals surface area contributed by atoms with Crippen LogP contribution in [0.5, 0.6) is 0 Å². The van der Waals surface area contributed by atoms with Crippen LogP contribution in [0.15, 0.2) is 48.5 Å². The average molecular weight is 529 g/mol. The summed E-state index contributed by atoms with van der Waals surface area (Å²) >= 11 is 12.2. The van der Waals surface area contributed by atoms with E-state index in [1.54, 1.807) is 13.0 Å². The second kappa shape index (κ2) is 12.4. The van der Waals surface area contributed by atoms with Crippen LogP contribution in [-0.2, 0) is 26.2 Å². The molecule has 0 saturated heterocycles. The van der Waals surface area contributed by atoms with Crippen molar-refractivity contribution in [2.45, 2.75) is 52.2 Å². The Bertz CT molecular complexity index is 1090. The van der Waals surface area contributed by atoms with Gasteiger partial charge in [0.2, 0.25) is 21.8 Å². The van der Waals surface area contributed by atoms with Gasteiger partial charge < -0.3 is 10.2 Å². The summed E-state index contributed by atoms with van der Waals surface area (Å²) in [6.07, 6.45) is 1.36. The highest BCUT2D eigenvalue weighted by atomic mass is 35.5. The summed E-state index contributed by atoms with van der Waals surface area (Å²) in [5.41, 5.74) is 1.15. The van der Waals surface area contributed by atoms with Gasteiger partial charge in [-0.25, -0.2) is 8.42 Å². The van der Waals surface area contributed by atoms with Crippen molar-refractivity contribution in [3.63, 3.8) is 0 Å². The molecule has 2 aromatic carbocycles. The number of rotatable bonds is 11. The number of hydrogen-bond acceptors (Lipinski definition) is 4. The van der Waals surface area contributed by atoms with Gasteiger partial charge in [0.15, 0.2) is 0 Å². The largest absolute Gasteiger partial charge is 0.352 e. The Balaban J connectivity index is 2.18. The van der Waals surface area contributed by atoms with E-state index in [0.717, 1.165) is 16.1 Å². The molecule has 0 unspecified atom stereocenters. The number of nitrogens with zero attached hydrogens (tertiary/aromatic N) is 2. The molecule has 1 N–H and O–H groups in total. The lowest BCUT2D eigenvalue weighted by molar-refractivity contribution is -0.140. The Morgan fingerprint density at radius 2 is 1.68 bits per heavy atom. The maximum Gasteiger partial charge on any atom is 0.242 e. The number of halogens is 2. The van der Waals surface area contributed by atoms with Gasteiger partial charge in [0, 0.05) is 30.6 Å². The molecule has 186 valence electrons. The SMILES string of the molecule is CC(C)NC(=O)[C@H](C)N(Cc1ccccc1)C(=O)CCCN(c1cc(Cl)ccc1Cl)S(C)(=O)=O. The van der Waals surface area contributed by atoms with Gasteiger partial charge in [0.25, 0.3) is 0 Å². The number of anilines is 1. The number of amides is 2. The number of carbonyl (C=O) groups is 2. The highest BCUT2D eigenvalue weighted by Gasteiger charge is 2.27. The summed E-state index contributed by atoms with van der Waals surface area (Å²) < 4.78 is 26.0. The van der Waals surface area contributed by atoms with Crippen molar-refractivity contribution in [1.29, 1.82) is 0 Å². The molecule has 10 heteroatoms. The van der Waals surface area contributed by atoms with Crippen molar-refractivity contribution in [2.24, 2.45) is 0 Å². The van der Waals surface area contributed by atoms with Gasteiger partial charge in [0.05, 0.1) is 17.0 Å². The van der Waals surface area contributed by atoms with Crippen LogP contribution >= 0.6 is 23.2 Å². The minimum absolute atomic E-state index is 0.0381. The summed E-state index contributed by atoms with van der Waals surface area (Å²) in [6.45, 7) is 5.70. The molecule has 0 spiro atoms. The van der Waals surface area contributed by atoms with Crippen LogP contribution < -0.4 is 9.62 Å². The summed E-state index contributed by atoms with van der Waals surface area (Å²) in [4.78, 5) is 27.4. The maximum absolute atomic E-state index is 13.2. The Hall–Kier alpha value is -2.29. The summed E-state index contributed by atoms with van der Waals surface area (Å²) in [7, 11) is -3.67. The lowest BCUT2D eigenvalue weighted by atomic mass is 10.1. The predicted octanol–water partition coefficient (Wildman–Crippen LogP) is 4.48.